The third kappa shape index (κ3) is 4.71. The Hall–Kier alpha value is -1.07. The van der Waals surface area contributed by atoms with Gasteiger partial charge in [0.05, 0.1) is 0 Å². The third-order valence-corrected chi connectivity index (χ3v) is 4.08. The van der Waals surface area contributed by atoms with E-state index in [-0.39, 0.29) is 12.5 Å². The molecule has 1 aliphatic rings. The van der Waals surface area contributed by atoms with Gasteiger partial charge in [-0.1, -0.05) is 23.8 Å². The van der Waals surface area contributed by atoms with Crippen LogP contribution in [0, 0.1) is 13.8 Å². The summed E-state index contributed by atoms with van der Waals surface area (Å²) in [6.45, 7) is 7.28. The second kappa shape index (κ2) is 6.79. The summed E-state index contributed by atoms with van der Waals surface area (Å²) in [5.74, 6) is 0. The standard InChI is InChI=1S/C16H23F3N2/c1-12-3-4-14(13(2)11-12)15(5-6-16(17,18)19)21-9-7-20-8-10-21/h3-4,11,15,20H,5-10H2,1-2H3/t15-/m0/s1. The van der Waals surface area contributed by atoms with Crippen molar-refractivity contribution in [3.8, 4) is 0 Å². The zero-order chi connectivity index (χ0) is 15.5. The molecule has 0 unspecified atom stereocenters. The van der Waals surface area contributed by atoms with E-state index in [1.54, 1.807) is 0 Å². The van der Waals surface area contributed by atoms with E-state index in [1.807, 2.05) is 26.0 Å². The normalized spacial score (nSPS) is 18.7. The minimum Gasteiger partial charge on any atom is -0.314 e. The van der Waals surface area contributed by atoms with E-state index in [1.165, 1.54) is 0 Å². The van der Waals surface area contributed by atoms with Gasteiger partial charge in [-0.2, -0.15) is 13.2 Å². The van der Waals surface area contributed by atoms with Crippen LogP contribution >= 0.6 is 0 Å². The highest BCUT2D eigenvalue weighted by atomic mass is 19.4. The Labute approximate surface area is 124 Å². The second-order valence-electron chi connectivity index (χ2n) is 5.82. The summed E-state index contributed by atoms with van der Waals surface area (Å²) >= 11 is 0. The molecule has 1 aromatic carbocycles. The number of alkyl halides is 3. The van der Waals surface area contributed by atoms with Crippen LogP contribution < -0.4 is 5.32 Å². The van der Waals surface area contributed by atoms with Gasteiger partial charge in [0.25, 0.3) is 0 Å². The summed E-state index contributed by atoms with van der Waals surface area (Å²) < 4.78 is 37.9. The quantitative estimate of drug-likeness (QED) is 0.914. The first-order valence-electron chi connectivity index (χ1n) is 7.45. The minimum absolute atomic E-state index is 0.132. The molecule has 1 aromatic rings. The Morgan fingerprint density at radius 1 is 1.19 bits per heavy atom. The Morgan fingerprint density at radius 3 is 2.43 bits per heavy atom. The molecular weight excluding hydrogens is 277 g/mol. The number of aryl methyl sites for hydroxylation is 2. The molecule has 2 rings (SSSR count). The fraction of sp³-hybridized carbons (Fsp3) is 0.625. The number of rotatable bonds is 4. The zero-order valence-electron chi connectivity index (χ0n) is 12.6. The number of nitrogens with one attached hydrogen (secondary N) is 1. The summed E-state index contributed by atoms with van der Waals surface area (Å²) in [7, 11) is 0. The van der Waals surface area contributed by atoms with Crippen molar-refractivity contribution in [1.82, 2.24) is 10.2 Å². The van der Waals surface area contributed by atoms with E-state index >= 15 is 0 Å². The van der Waals surface area contributed by atoms with Crippen molar-refractivity contribution in [2.45, 2.75) is 38.9 Å². The van der Waals surface area contributed by atoms with Crippen molar-refractivity contribution in [2.75, 3.05) is 26.2 Å². The van der Waals surface area contributed by atoms with E-state index < -0.39 is 12.6 Å². The molecule has 0 amide bonds. The smallest absolute Gasteiger partial charge is 0.314 e. The lowest BCUT2D eigenvalue weighted by molar-refractivity contribution is -0.138. The maximum atomic E-state index is 12.6. The van der Waals surface area contributed by atoms with Crippen LogP contribution in [0.25, 0.3) is 0 Å². The van der Waals surface area contributed by atoms with Crippen molar-refractivity contribution in [1.29, 1.82) is 0 Å². The highest BCUT2D eigenvalue weighted by molar-refractivity contribution is 5.33. The Bertz CT molecular complexity index is 465. The molecule has 21 heavy (non-hydrogen) atoms. The number of piperazine rings is 1. The lowest BCUT2D eigenvalue weighted by Gasteiger charge is -2.36. The van der Waals surface area contributed by atoms with E-state index in [0.29, 0.717) is 0 Å². The fourth-order valence-electron chi connectivity index (χ4n) is 3.03. The van der Waals surface area contributed by atoms with E-state index in [9.17, 15) is 13.2 Å². The molecule has 0 saturated carbocycles. The van der Waals surface area contributed by atoms with Crippen molar-refractivity contribution >= 4 is 0 Å². The average molecular weight is 300 g/mol. The van der Waals surface area contributed by atoms with Gasteiger partial charge in [-0.3, -0.25) is 4.90 Å². The molecule has 1 saturated heterocycles. The number of nitrogens with zero attached hydrogens (tertiary/aromatic N) is 1. The van der Waals surface area contributed by atoms with E-state index in [0.717, 1.165) is 42.9 Å². The van der Waals surface area contributed by atoms with Crippen LogP contribution in [0.1, 0.15) is 35.6 Å². The molecule has 1 atom stereocenters. The van der Waals surface area contributed by atoms with Gasteiger partial charge in [0.15, 0.2) is 0 Å². The monoisotopic (exact) mass is 300 g/mol. The van der Waals surface area contributed by atoms with Crippen LogP contribution in [0.3, 0.4) is 0 Å². The molecule has 1 N–H and O–H groups in total. The molecule has 0 aliphatic carbocycles. The third-order valence-electron chi connectivity index (χ3n) is 4.08. The predicted molar refractivity (Wildman–Crippen MR) is 78.4 cm³/mol. The largest absolute Gasteiger partial charge is 0.389 e. The van der Waals surface area contributed by atoms with Crippen molar-refractivity contribution < 1.29 is 13.2 Å². The van der Waals surface area contributed by atoms with Gasteiger partial charge in [0.2, 0.25) is 0 Å². The zero-order valence-corrected chi connectivity index (χ0v) is 12.6. The van der Waals surface area contributed by atoms with Crippen molar-refractivity contribution in [2.24, 2.45) is 0 Å². The Kier molecular flexibility index (Phi) is 5.27. The van der Waals surface area contributed by atoms with Gasteiger partial charge in [-0.15, -0.1) is 0 Å². The molecular formula is C16H23F3N2. The van der Waals surface area contributed by atoms with Crippen LogP contribution in [0.4, 0.5) is 13.2 Å². The lowest BCUT2D eigenvalue weighted by atomic mass is 9.94. The molecule has 0 bridgehead atoms. The van der Waals surface area contributed by atoms with Crippen LogP contribution in [0.2, 0.25) is 0 Å². The number of benzene rings is 1. The van der Waals surface area contributed by atoms with E-state index in [4.69, 9.17) is 0 Å². The first kappa shape index (κ1) is 16.3. The first-order chi connectivity index (χ1) is 9.87. The van der Waals surface area contributed by atoms with Crippen LogP contribution in [-0.2, 0) is 0 Å². The molecule has 1 fully saturated rings. The molecule has 0 spiro atoms. The summed E-state index contributed by atoms with van der Waals surface area (Å²) in [6, 6.07) is 5.89. The summed E-state index contributed by atoms with van der Waals surface area (Å²) in [5, 5.41) is 3.25. The maximum Gasteiger partial charge on any atom is 0.389 e. The number of hydrogen-bond acceptors (Lipinski definition) is 2. The van der Waals surface area contributed by atoms with Gasteiger partial charge in [0.1, 0.15) is 0 Å². The summed E-state index contributed by atoms with van der Waals surface area (Å²) in [5.41, 5.74) is 3.26. The van der Waals surface area contributed by atoms with Gasteiger partial charge >= 0.3 is 6.18 Å². The Balaban J connectivity index is 2.21. The van der Waals surface area contributed by atoms with Crippen LogP contribution in [0.15, 0.2) is 18.2 Å². The second-order valence-corrected chi connectivity index (χ2v) is 5.82. The maximum absolute atomic E-state index is 12.6. The van der Waals surface area contributed by atoms with Crippen molar-refractivity contribution in [3.63, 3.8) is 0 Å². The van der Waals surface area contributed by atoms with Gasteiger partial charge < -0.3 is 5.32 Å². The molecule has 1 aliphatic heterocycles. The SMILES string of the molecule is Cc1ccc([C@H](CCC(F)(F)F)N2CCNCC2)c(C)c1. The average Bonchev–Trinajstić information content (AvgIpc) is 2.41. The minimum atomic E-state index is -4.09. The topological polar surface area (TPSA) is 15.3 Å². The van der Waals surface area contributed by atoms with Gasteiger partial charge in [-0.05, 0) is 31.4 Å². The molecule has 1 heterocycles. The molecule has 2 nitrogen and oxygen atoms in total. The summed E-state index contributed by atoms with van der Waals surface area (Å²) in [4.78, 5) is 2.18. The molecule has 118 valence electrons. The van der Waals surface area contributed by atoms with Gasteiger partial charge in [0, 0.05) is 38.6 Å². The highest BCUT2D eigenvalue weighted by Crippen LogP contribution is 2.33. The van der Waals surface area contributed by atoms with E-state index in [2.05, 4.69) is 16.3 Å². The predicted octanol–water partition coefficient (Wildman–Crippen LogP) is 3.59. The van der Waals surface area contributed by atoms with Crippen LogP contribution in [-0.4, -0.2) is 37.3 Å². The molecule has 0 aromatic heterocycles. The summed E-state index contributed by atoms with van der Waals surface area (Å²) in [6.07, 6.45) is -4.69. The fourth-order valence-corrected chi connectivity index (χ4v) is 3.03. The molecule has 5 heteroatoms. The van der Waals surface area contributed by atoms with Crippen LogP contribution in [0.5, 0.6) is 0 Å². The first-order valence-corrected chi connectivity index (χ1v) is 7.45. The highest BCUT2D eigenvalue weighted by Gasteiger charge is 2.31. The molecule has 0 radical (unpaired) electrons. The Morgan fingerprint density at radius 2 is 1.86 bits per heavy atom. The van der Waals surface area contributed by atoms with Gasteiger partial charge in [-0.25, -0.2) is 0 Å². The number of halogens is 3. The number of hydrogen-bond donors (Lipinski definition) is 1. The van der Waals surface area contributed by atoms with Crippen molar-refractivity contribution in [3.05, 3.63) is 34.9 Å². The lowest BCUT2D eigenvalue weighted by Crippen LogP contribution is -2.45.